The molecule has 2 N–H and O–H groups in total. The molecular weight excluding hydrogens is 315 g/mol. The molecule has 0 aliphatic heterocycles. The van der Waals surface area contributed by atoms with Crippen LogP contribution in [-0.4, -0.2) is 20.8 Å². The molecule has 1 atom stereocenters. The van der Waals surface area contributed by atoms with Gasteiger partial charge >= 0.3 is 0 Å². The normalized spacial score (nSPS) is 12.1. The number of hydrogen-bond donors (Lipinski definition) is 2. The molecule has 0 aliphatic carbocycles. The second-order valence-electron chi connectivity index (χ2n) is 5.26. The molecule has 0 fully saturated rings. The fourth-order valence-electron chi connectivity index (χ4n) is 2.32. The number of carbonyl (C=O) groups is 1. The van der Waals surface area contributed by atoms with E-state index in [0.717, 1.165) is 0 Å². The number of carbonyl (C=O) groups excluding carboxylic acids is 1. The van der Waals surface area contributed by atoms with Gasteiger partial charge in [0.25, 0.3) is 11.6 Å². The van der Waals surface area contributed by atoms with E-state index in [4.69, 9.17) is 0 Å². The van der Waals surface area contributed by atoms with Crippen molar-refractivity contribution in [1.29, 1.82) is 0 Å². The molecule has 7 nitrogen and oxygen atoms in total. The summed E-state index contributed by atoms with van der Waals surface area (Å²) in [4.78, 5) is 29.7. The average Bonchev–Trinajstić information content (AvgIpc) is 2.98. The number of aromatic amines is 1. The maximum atomic E-state index is 13.6. The van der Waals surface area contributed by atoms with Crippen LogP contribution in [0, 0.1) is 15.9 Å². The van der Waals surface area contributed by atoms with Gasteiger partial charge in [0, 0.05) is 12.1 Å². The Morgan fingerprint density at radius 1 is 1.33 bits per heavy atom. The zero-order valence-corrected chi connectivity index (χ0v) is 12.6. The molecule has 0 bridgehead atoms. The van der Waals surface area contributed by atoms with Crippen LogP contribution in [0.3, 0.4) is 0 Å². The van der Waals surface area contributed by atoms with Crippen LogP contribution in [0.15, 0.2) is 42.5 Å². The third kappa shape index (κ3) is 2.94. The number of non-ortho nitro benzene ring substituents is 1. The summed E-state index contributed by atoms with van der Waals surface area (Å²) in [5.41, 5.74) is 0.922. The zero-order chi connectivity index (χ0) is 17.3. The number of nitrogens with one attached hydrogen (secondary N) is 2. The van der Waals surface area contributed by atoms with E-state index >= 15 is 0 Å². The quantitative estimate of drug-likeness (QED) is 0.567. The standard InChI is InChI=1S/C16H13FN4O3/c1-9(18-16(22)11-4-2-3-5-12(11)17)15-19-13-7-6-10(21(23)24)8-14(13)20-15/h2-9H,1H3,(H,18,22)(H,19,20). The number of hydrogen-bond acceptors (Lipinski definition) is 4. The van der Waals surface area contributed by atoms with Gasteiger partial charge in [-0.3, -0.25) is 14.9 Å². The van der Waals surface area contributed by atoms with Crippen molar-refractivity contribution >= 4 is 22.6 Å². The molecule has 1 heterocycles. The lowest BCUT2D eigenvalue weighted by Crippen LogP contribution is -2.28. The van der Waals surface area contributed by atoms with Crippen molar-refractivity contribution in [3.63, 3.8) is 0 Å². The molecule has 3 rings (SSSR count). The topological polar surface area (TPSA) is 101 Å². The number of nitrogens with zero attached hydrogens (tertiary/aromatic N) is 2. The number of rotatable bonds is 4. The van der Waals surface area contributed by atoms with Gasteiger partial charge in [-0.1, -0.05) is 12.1 Å². The summed E-state index contributed by atoms with van der Waals surface area (Å²) in [6.07, 6.45) is 0. The first-order valence-electron chi connectivity index (χ1n) is 7.15. The highest BCUT2D eigenvalue weighted by molar-refractivity contribution is 5.94. The first kappa shape index (κ1) is 15.6. The van der Waals surface area contributed by atoms with Crippen molar-refractivity contribution in [1.82, 2.24) is 15.3 Å². The highest BCUT2D eigenvalue weighted by Crippen LogP contribution is 2.21. The van der Waals surface area contributed by atoms with Crippen molar-refractivity contribution < 1.29 is 14.1 Å². The second-order valence-corrected chi connectivity index (χ2v) is 5.26. The van der Waals surface area contributed by atoms with Crippen LogP contribution in [0.25, 0.3) is 11.0 Å². The molecule has 1 amide bonds. The number of nitro groups is 1. The third-order valence-electron chi connectivity index (χ3n) is 3.57. The Balaban J connectivity index is 1.83. The molecule has 24 heavy (non-hydrogen) atoms. The minimum absolute atomic E-state index is 0.0549. The summed E-state index contributed by atoms with van der Waals surface area (Å²) in [5.74, 6) is -0.746. The van der Waals surface area contributed by atoms with E-state index in [9.17, 15) is 19.3 Å². The van der Waals surface area contributed by atoms with E-state index in [2.05, 4.69) is 15.3 Å². The Labute approximate surface area is 135 Å². The highest BCUT2D eigenvalue weighted by atomic mass is 19.1. The van der Waals surface area contributed by atoms with Crippen molar-refractivity contribution in [3.05, 3.63) is 69.8 Å². The largest absolute Gasteiger partial charge is 0.342 e. The van der Waals surface area contributed by atoms with Gasteiger partial charge in [0.2, 0.25) is 0 Å². The Hall–Kier alpha value is -3.29. The number of H-pyrrole nitrogens is 1. The third-order valence-corrected chi connectivity index (χ3v) is 3.57. The minimum atomic E-state index is -0.609. The number of halogens is 1. The van der Waals surface area contributed by atoms with Crippen LogP contribution < -0.4 is 5.32 Å². The van der Waals surface area contributed by atoms with E-state index in [1.807, 2.05) is 0 Å². The minimum Gasteiger partial charge on any atom is -0.342 e. The number of benzene rings is 2. The number of fused-ring (bicyclic) bond motifs is 1. The van der Waals surface area contributed by atoms with Crippen molar-refractivity contribution in [3.8, 4) is 0 Å². The molecular formula is C16H13FN4O3. The lowest BCUT2D eigenvalue weighted by molar-refractivity contribution is -0.384. The summed E-state index contributed by atoms with van der Waals surface area (Å²) in [5, 5.41) is 13.4. The van der Waals surface area contributed by atoms with E-state index < -0.39 is 22.7 Å². The monoisotopic (exact) mass is 328 g/mol. The number of imidazole rings is 1. The van der Waals surface area contributed by atoms with Crippen molar-refractivity contribution in [2.24, 2.45) is 0 Å². The zero-order valence-electron chi connectivity index (χ0n) is 12.6. The SMILES string of the molecule is CC(NC(=O)c1ccccc1F)c1nc2ccc([N+](=O)[O-])cc2[nH]1. The van der Waals surface area contributed by atoms with Crippen molar-refractivity contribution in [2.45, 2.75) is 13.0 Å². The number of aromatic nitrogens is 2. The summed E-state index contributed by atoms with van der Waals surface area (Å²) in [6, 6.07) is 9.40. The van der Waals surface area contributed by atoms with E-state index in [-0.39, 0.29) is 11.3 Å². The molecule has 8 heteroatoms. The Morgan fingerprint density at radius 2 is 2.08 bits per heavy atom. The van der Waals surface area contributed by atoms with Crippen LogP contribution >= 0.6 is 0 Å². The van der Waals surface area contributed by atoms with Crippen molar-refractivity contribution in [2.75, 3.05) is 0 Å². The lowest BCUT2D eigenvalue weighted by Gasteiger charge is -2.11. The van der Waals surface area contributed by atoms with Gasteiger partial charge in [-0.2, -0.15) is 0 Å². The molecule has 3 aromatic rings. The molecule has 2 aromatic carbocycles. The fourth-order valence-corrected chi connectivity index (χ4v) is 2.32. The first-order valence-corrected chi connectivity index (χ1v) is 7.15. The van der Waals surface area contributed by atoms with Gasteiger partial charge in [-0.05, 0) is 25.1 Å². The smallest absolute Gasteiger partial charge is 0.271 e. The van der Waals surface area contributed by atoms with Crippen LogP contribution in [0.2, 0.25) is 0 Å². The van der Waals surface area contributed by atoms with E-state index in [1.54, 1.807) is 13.0 Å². The van der Waals surface area contributed by atoms with Gasteiger partial charge in [-0.25, -0.2) is 9.37 Å². The van der Waals surface area contributed by atoms with E-state index in [1.165, 1.54) is 36.4 Å². The van der Waals surface area contributed by atoms with Gasteiger partial charge in [0.1, 0.15) is 11.6 Å². The van der Waals surface area contributed by atoms with Gasteiger partial charge < -0.3 is 10.3 Å². The average molecular weight is 328 g/mol. The molecule has 0 saturated carbocycles. The summed E-state index contributed by atoms with van der Waals surface area (Å²) >= 11 is 0. The molecule has 0 spiro atoms. The number of amides is 1. The second kappa shape index (κ2) is 6.07. The molecule has 122 valence electrons. The van der Waals surface area contributed by atoms with Crippen LogP contribution in [0.4, 0.5) is 10.1 Å². The summed E-state index contributed by atoms with van der Waals surface area (Å²) in [7, 11) is 0. The maximum Gasteiger partial charge on any atom is 0.271 e. The summed E-state index contributed by atoms with van der Waals surface area (Å²) < 4.78 is 13.6. The maximum absolute atomic E-state index is 13.6. The van der Waals surface area contributed by atoms with Crippen LogP contribution in [0.1, 0.15) is 29.1 Å². The molecule has 1 aromatic heterocycles. The predicted molar refractivity (Wildman–Crippen MR) is 85.0 cm³/mol. The van der Waals surface area contributed by atoms with Crippen LogP contribution in [-0.2, 0) is 0 Å². The Kier molecular flexibility index (Phi) is 3.95. The van der Waals surface area contributed by atoms with E-state index in [0.29, 0.717) is 16.9 Å². The molecule has 1 unspecified atom stereocenters. The van der Waals surface area contributed by atoms with Gasteiger partial charge in [0.15, 0.2) is 0 Å². The molecule has 0 saturated heterocycles. The molecule has 0 aliphatic rings. The van der Waals surface area contributed by atoms with Gasteiger partial charge in [-0.15, -0.1) is 0 Å². The number of nitro benzene ring substituents is 1. The van der Waals surface area contributed by atoms with Gasteiger partial charge in [0.05, 0.1) is 27.6 Å². The highest BCUT2D eigenvalue weighted by Gasteiger charge is 2.18. The Morgan fingerprint density at radius 3 is 2.79 bits per heavy atom. The Bertz CT molecular complexity index is 938. The lowest BCUT2D eigenvalue weighted by atomic mass is 10.2. The first-order chi connectivity index (χ1) is 11.5. The van der Waals surface area contributed by atoms with Crippen LogP contribution in [0.5, 0.6) is 0 Å². The summed E-state index contributed by atoms with van der Waals surface area (Å²) in [6.45, 7) is 1.69. The fraction of sp³-hybridized carbons (Fsp3) is 0.125. The predicted octanol–water partition coefficient (Wildman–Crippen LogP) is 3.10. The molecule has 0 radical (unpaired) electrons.